The summed E-state index contributed by atoms with van der Waals surface area (Å²) < 4.78 is 11.3. The lowest BCUT2D eigenvalue weighted by Crippen LogP contribution is -2.45. The predicted octanol–water partition coefficient (Wildman–Crippen LogP) is -0.391. The van der Waals surface area contributed by atoms with Gasteiger partial charge in [0.2, 0.25) is 11.9 Å². The Morgan fingerprint density at radius 1 is 1.54 bits per heavy atom. The number of ether oxygens (including phenoxy) is 2. The maximum absolute atomic E-state index is 11.7. The van der Waals surface area contributed by atoms with Gasteiger partial charge in [-0.1, -0.05) is 0 Å². The first-order valence-corrected chi connectivity index (χ1v) is 7.67. The summed E-state index contributed by atoms with van der Waals surface area (Å²) in [7, 11) is 3.40. The zero-order valence-electron chi connectivity index (χ0n) is 13.7. The minimum absolute atomic E-state index is 0.0306. The van der Waals surface area contributed by atoms with E-state index >= 15 is 0 Å². The van der Waals surface area contributed by atoms with Crippen LogP contribution in [-0.2, 0) is 14.3 Å². The molecule has 0 aromatic carbocycles. The smallest absolute Gasteiger partial charge is 0.248 e. The minimum atomic E-state index is -0.166. The van der Waals surface area contributed by atoms with Crippen LogP contribution >= 0.6 is 0 Å². The molecule has 0 saturated carbocycles. The number of carbonyl (C=O) groups is 1. The van der Waals surface area contributed by atoms with Crippen LogP contribution in [0, 0.1) is 0 Å². The van der Waals surface area contributed by atoms with Crippen LogP contribution < -0.4 is 11.1 Å². The molecule has 1 fully saturated rings. The Morgan fingerprint density at radius 2 is 2.38 bits per heavy atom. The third-order valence-electron chi connectivity index (χ3n) is 3.86. The number of amides is 1. The first kappa shape index (κ1) is 16.4. The topological polar surface area (TPSA) is 131 Å². The first-order chi connectivity index (χ1) is 11.5. The van der Waals surface area contributed by atoms with Crippen molar-refractivity contribution in [1.29, 1.82) is 0 Å². The number of hydrogen-bond donors (Lipinski definition) is 3. The highest BCUT2D eigenvalue weighted by Gasteiger charge is 2.28. The normalized spacial score (nSPS) is 20.9. The Balaban J connectivity index is 1.73. The molecule has 10 heteroatoms. The average Bonchev–Trinajstić information content (AvgIpc) is 3.02. The molecular formula is C14H21N7O3. The second-order valence-corrected chi connectivity index (χ2v) is 5.81. The highest BCUT2D eigenvalue weighted by Crippen LogP contribution is 2.22. The van der Waals surface area contributed by atoms with Crippen LogP contribution in [0.25, 0.3) is 11.0 Å². The van der Waals surface area contributed by atoms with Crippen molar-refractivity contribution in [2.45, 2.75) is 18.6 Å². The number of nitrogen functional groups attached to an aromatic ring is 1. The van der Waals surface area contributed by atoms with Crippen LogP contribution in [0.5, 0.6) is 0 Å². The van der Waals surface area contributed by atoms with Crippen molar-refractivity contribution in [2.24, 2.45) is 0 Å². The first-order valence-electron chi connectivity index (χ1n) is 7.67. The second-order valence-electron chi connectivity index (χ2n) is 5.81. The van der Waals surface area contributed by atoms with E-state index in [1.54, 1.807) is 20.3 Å². The van der Waals surface area contributed by atoms with E-state index in [1.165, 1.54) is 4.90 Å². The number of H-pyrrole nitrogens is 1. The lowest BCUT2D eigenvalue weighted by atomic mass is 10.1. The maximum Gasteiger partial charge on any atom is 0.248 e. The molecule has 0 spiro atoms. The fourth-order valence-corrected chi connectivity index (χ4v) is 2.50. The van der Waals surface area contributed by atoms with Crippen molar-refractivity contribution >= 4 is 28.7 Å². The Kier molecular flexibility index (Phi) is 4.76. The summed E-state index contributed by atoms with van der Waals surface area (Å²) >= 11 is 0. The molecule has 2 atom stereocenters. The van der Waals surface area contributed by atoms with Gasteiger partial charge in [0.1, 0.15) is 12.4 Å². The number of carbonyl (C=O) groups excluding carboxylic acids is 1. The van der Waals surface area contributed by atoms with E-state index in [2.05, 4.69) is 25.5 Å². The second kappa shape index (κ2) is 6.97. The standard InChI is InChI=1S/C14H21N7O3/c1-21(2)11(22)7-24-10-3-4-23-6-9(10)17-12-8-5-16-20-13(8)19-14(15)18-12/h5,9-10H,3-4,6-7H2,1-2H3,(H4,15,16,17,18,19,20)/t9-,10+/m1/s1. The molecule has 130 valence electrons. The summed E-state index contributed by atoms with van der Waals surface area (Å²) in [4.78, 5) is 21.6. The largest absolute Gasteiger partial charge is 0.379 e. The zero-order chi connectivity index (χ0) is 17.1. The van der Waals surface area contributed by atoms with E-state index in [0.717, 1.165) is 5.39 Å². The fraction of sp³-hybridized carbons (Fsp3) is 0.571. The van der Waals surface area contributed by atoms with E-state index in [0.29, 0.717) is 31.1 Å². The van der Waals surface area contributed by atoms with Crippen LogP contribution in [0.4, 0.5) is 11.8 Å². The molecule has 0 bridgehead atoms. The molecule has 1 saturated heterocycles. The molecule has 4 N–H and O–H groups in total. The van der Waals surface area contributed by atoms with E-state index in [4.69, 9.17) is 15.2 Å². The summed E-state index contributed by atoms with van der Waals surface area (Å²) in [6.45, 7) is 1.07. The summed E-state index contributed by atoms with van der Waals surface area (Å²) in [5.41, 5.74) is 6.29. The van der Waals surface area contributed by atoms with Crippen LogP contribution in [0.2, 0.25) is 0 Å². The Hall–Kier alpha value is -2.46. The van der Waals surface area contributed by atoms with Crippen LogP contribution in [-0.4, -0.2) is 77.0 Å². The van der Waals surface area contributed by atoms with Gasteiger partial charge in [-0.25, -0.2) is 0 Å². The van der Waals surface area contributed by atoms with Crippen molar-refractivity contribution in [2.75, 3.05) is 45.0 Å². The van der Waals surface area contributed by atoms with Gasteiger partial charge in [-0.3, -0.25) is 9.89 Å². The fourth-order valence-electron chi connectivity index (χ4n) is 2.50. The van der Waals surface area contributed by atoms with Gasteiger partial charge < -0.3 is 25.4 Å². The van der Waals surface area contributed by atoms with Crippen LogP contribution in [0.1, 0.15) is 6.42 Å². The summed E-state index contributed by atoms with van der Waals surface area (Å²) in [6, 6.07) is -0.152. The third-order valence-corrected chi connectivity index (χ3v) is 3.86. The lowest BCUT2D eigenvalue weighted by Gasteiger charge is -2.32. The number of aromatic amines is 1. The molecule has 24 heavy (non-hydrogen) atoms. The molecule has 3 rings (SSSR count). The Bertz CT molecular complexity index is 717. The van der Waals surface area contributed by atoms with Crippen molar-refractivity contribution in [3.63, 3.8) is 0 Å². The number of rotatable bonds is 5. The van der Waals surface area contributed by atoms with Crippen molar-refractivity contribution in [3.05, 3.63) is 6.20 Å². The van der Waals surface area contributed by atoms with Gasteiger partial charge in [0, 0.05) is 20.7 Å². The molecule has 0 unspecified atom stereocenters. The van der Waals surface area contributed by atoms with Crippen LogP contribution in [0.15, 0.2) is 6.20 Å². The Morgan fingerprint density at radius 3 is 3.17 bits per heavy atom. The van der Waals surface area contributed by atoms with Crippen molar-refractivity contribution in [3.8, 4) is 0 Å². The third kappa shape index (κ3) is 3.54. The van der Waals surface area contributed by atoms with E-state index < -0.39 is 0 Å². The van der Waals surface area contributed by atoms with Gasteiger partial charge in [-0.2, -0.15) is 15.1 Å². The molecule has 2 aromatic rings. The number of nitrogens with zero attached hydrogens (tertiary/aromatic N) is 4. The number of fused-ring (bicyclic) bond motifs is 1. The molecule has 0 radical (unpaired) electrons. The molecule has 1 aliphatic rings. The monoisotopic (exact) mass is 335 g/mol. The quantitative estimate of drug-likeness (QED) is 0.673. The zero-order valence-corrected chi connectivity index (χ0v) is 13.7. The van der Waals surface area contributed by atoms with Gasteiger partial charge in [0.05, 0.1) is 30.3 Å². The molecule has 10 nitrogen and oxygen atoms in total. The minimum Gasteiger partial charge on any atom is -0.379 e. The van der Waals surface area contributed by atoms with Gasteiger partial charge >= 0.3 is 0 Å². The number of nitrogens with one attached hydrogen (secondary N) is 2. The highest BCUT2D eigenvalue weighted by molar-refractivity contribution is 5.86. The molecule has 0 aliphatic carbocycles. The molecule has 1 amide bonds. The molecule has 2 aromatic heterocycles. The Labute approximate surface area is 138 Å². The van der Waals surface area contributed by atoms with Gasteiger partial charge in [-0.05, 0) is 6.42 Å². The number of hydrogen-bond acceptors (Lipinski definition) is 8. The van der Waals surface area contributed by atoms with E-state index in [9.17, 15) is 4.79 Å². The van der Waals surface area contributed by atoms with Crippen molar-refractivity contribution in [1.82, 2.24) is 25.1 Å². The van der Waals surface area contributed by atoms with Gasteiger partial charge in [0.15, 0.2) is 5.65 Å². The highest BCUT2D eigenvalue weighted by atomic mass is 16.5. The van der Waals surface area contributed by atoms with Crippen LogP contribution in [0.3, 0.4) is 0 Å². The molecule has 3 heterocycles. The maximum atomic E-state index is 11.7. The SMILES string of the molecule is CN(C)C(=O)CO[C@H]1CCOC[C@H]1Nc1nc(N)nc2[nH]ncc12. The molecular weight excluding hydrogens is 314 g/mol. The van der Waals surface area contributed by atoms with E-state index in [1.807, 2.05) is 0 Å². The van der Waals surface area contributed by atoms with Crippen molar-refractivity contribution < 1.29 is 14.3 Å². The summed E-state index contributed by atoms with van der Waals surface area (Å²) in [6.07, 6.45) is 2.15. The number of nitrogens with two attached hydrogens (primary N) is 1. The number of likely N-dealkylation sites (N-methyl/N-ethyl adjacent to an activating group) is 1. The summed E-state index contributed by atoms with van der Waals surface area (Å²) in [5.74, 6) is 0.629. The van der Waals surface area contributed by atoms with E-state index in [-0.39, 0.29) is 30.6 Å². The number of aromatic nitrogens is 4. The lowest BCUT2D eigenvalue weighted by molar-refractivity contribution is -0.138. The van der Waals surface area contributed by atoms with Gasteiger partial charge in [0.25, 0.3) is 0 Å². The molecule has 1 aliphatic heterocycles. The summed E-state index contributed by atoms with van der Waals surface area (Å²) in [5, 5.41) is 10.7. The van der Waals surface area contributed by atoms with Gasteiger partial charge in [-0.15, -0.1) is 0 Å². The number of anilines is 2. The average molecular weight is 335 g/mol. The predicted molar refractivity (Wildman–Crippen MR) is 87.4 cm³/mol.